The van der Waals surface area contributed by atoms with Crippen LogP contribution in [0.2, 0.25) is 0 Å². The van der Waals surface area contributed by atoms with E-state index in [0.717, 1.165) is 5.56 Å². The van der Waals surface area contributed by atoms with Gasteiger partial charge < -0.3 is 16.4 Å². The van der Waals surface area contributed by atoms with Crippen LogP contribution in [0.5, 0.6) is 0 Å². The van der Waals surface area contributed by atoms with Crippen LogP contribution in [0.25, 0.3) is 0 Å². The van der Waals surface area contributed by atoms with E-state index in [9.17, 15) is 9.59 Å². The Morgan fingerprint density at radius 3 is 2.28 bits per heavy atom. The van der Waals surface area contributed by atoms with Crippen LogP contribution in [0.1, 0.15) is 22.8 Å². The number of nitrogens with one attached hydrogen (secondary N) is 2. The molecule has 0 saturated carbocycles. The van der Waals surface area contributed by atoms with Crippen LogP contribution in [0.4, 0.5) is 0 Å². The molecule has 18 heavy (non-hydrogen) atoms. The number of aryl methyl sites for hydroxylation is 1. The van der Waals surface area contributed by atoms with Crippen LogP contribution >= 0.6 is 0 Å². The van der Waals surface area contributed by atoms with Crippen molar-refractivity contribution in [1.82, 2.24) is 10.6 Å². The fourth-order valence-electron chi connectivity index (χ4n) is 1.33. The van der Waals surface area contributed by atoms with E-state index in [0.29, 0.717) is 18.7 Å². The van der Waals surface area contributed by atoms with Crippen molar-refractivity contribution in [2.75, 3.05) is 13.1 Å². The molecule has 0 heterocycles. The van der Waals surface area contributed by atoms with E-state index in [2.05, 4.69) is 10.6 Å². The fourth-order valence-corrected chi connectivity index (χ4v) is 1.33. The second kappa shape index (κ2) is 6.76. The lowest BCUT2D eigenvalue weighted by molar-refractivity contribution is -0.121. The molecule has 1 aromatic carbocycles. The molecule has 2 amide bonds. The minimum absolute atomic E-state index is 0.148. The SMILES string of the molecule is Cc1ccc(C(=O)NCCNC(=O)[C@H](C)N)cc1. The molecule has 0 aliphatic rings. The number of carbonyl (C=O) groups excluding carboxylic acids is 2. The highest BCUT2D eigenvalue weighted by molar-refractivity contribution is 5.94. The molecule has 0 spiro atoms. The van der Waals surface area contributed by atoms with Crippen LogP contribution in [0.15, 0.2) is 24.3 Å². The molecule has 98 valence electrons. The Hall–Kier alpha value is -1.88. The van der Waals surface area contributed by atoms with E-state index in [-0.39, 0.29) is 11.8 Å². The predicted octanol–water partition coefficient (Wildman–Crippen LogP) is 0.188. The van der Waals surface area contributed by atoms with Crippen LogP contribution in [-0.2, 0) is 4.79 Å². The zero-order valence-electron chi connectivity index (χ0n) is 10.7. The lowest BCUT2D eigenvalue weighted by Gasteiger charge is -2.08. The molecule has 0 fully saturated rings. The monoisotopic (exact) mass is 249 g/mol. The van der Waals surface area contributed by atoms with Gasteiger partial charge in [-0.3, -0.25) is 9.59 Å². The first-order valence-electron chi connectivity index (χ1n) is 5.89. The Labute approximate surface area is 107 Å². The maximum absolute atomic E-state index is 11.7. The summed E-state index contributed by atoms with van der Waals surface area (Å²) in [6.07, 6.45) is 0. The molecular weight excluding hydrogens is 230 g/mol. The quantitative estimate of drug-likeness (QED) is 0.651. The van der Waals surface area contributed by atoms with Gasteiger partial charge in [0.15, 0.2) is 0 Å². The van der Waals surface area contributed by atoms with Crippen LogP contribution < -0.4 is 16.4 Å². The summed E-state index contributed by atoms with van der Waals surface area (Å²) in [5.41, 5.74) is 7.10. The molecule has 0 aliphatic heterocycles. The van der Waals surface area contributed by atoms with Crippen LogP contribution in [-0.4, -0.2) is 30.9 Å². The Morgan fingerprint density at radius 2 is 1.72 bits per heavy atom. The summed E-state index contributed by atoms with van der Waals surface area (Å²) < 4.78 is 0. The molecule has 0 unspecified atom stereocenters. The summed E-state index contributed by atoms with van der Waals surface area (Å²) >= 11 is 0. The summed E-state index contributed by atoms with van der Waals surface area (Å²) in [5, 5.41) is 5.34. The van der Waals surface area contributed by atoms with Crippen molar-refractivity contribution >= 4 is 11.8 Å². The Bertz CT molecular complexity index is 413. The summed E-state index contributed by atoms with van der Waals surface area (Å²) in [5.74, 6) is -0.371. The minimum atomic E-state index is -0.530. The zero-order chi connectivity index (χ0) is 13.5. The number of amides is 2. The molecule has 0 radical (unpaired) electrons. The zero-order valence-corrected chi connectivity index (χ0v) is 10.7. The minimum Gasteiger partial charge on any atom is -0.353 e. The van der Waals surface area contributed by atoms with Gasteiger partial charge in [-0.2, -0.15) is 0 Å². The summed E-state index contributed by atoms with van der Waals surface area (Å²) in [6.45, 7) is 4.33. The standard InChI is InChI=1S/C13H19N3O2/c1-9-3-5-11(6-4-9)13(18)16-8-7-15-12(17)10(2)14/h3-6,10H,7-8,14H2,1-2H3,(H,15,17)(H,16,18)/t10-/m0/s1. The first-order chi connectivity index (χ1) is 8.50. The lowest BCUT2D eigenvalue weighted by Crippen LogP contribution is -2.42. The van der Waals surface area contributed by atoms with E-state index in [4.69, 9.17) is 5.73 Å². The van der Waals surface area contributed by atoms with E-state index < -0.39 is 6.04 Å². The summed E-state index contributed by atoms with van der Waals surface area (Å²) in [6, 6.07) is 6.77. The molecule has 4 N–H and O–H groups in total. The number of benzene rings is 1. The molecule has 1 atom stereocenters. The van der Waals surface area contributed by atoms with Gasteiger partial charge in [0, 0.05) is 18.7 Å². The van der Waals surface area contributed by atoms with Crippen LogP contribution in [0, 0.1) is 6.92 Å². The molecular formula is C13H19N3O2. The first kappa shape index (κ1) is 14.2. The molecule has 0 aromatic heterocycles. The molecule has 0 aliphatic carbocycles. The van der Waals surface area contributed by atoms with Crippen LogP contribution in [0.3, 0.4) is 0 Å². The number of carbonyl (C=O) groups is 2. The molecule has 5 heteroatoms. The van der Waals surface area contributed by atoms with E-state index in [1.807, 2.05) is 19.1 Å². The van der Waals surface area contributed by atoms with Crippen molar-refractivity contribution in [3.8, 4) is 0 Å². The second-order valence-electron chi connectivity index (χ2n) is 4.20. The number of hydrogen-bond acceptors (Lipinski definition) is 3. The van der Waals surface area contributed by atoms with Crippen molar-refractivity contribution in [1.29, 1.82) is 0 Å². The van der Waals surface area contributed by atoms with Gasteiger partial charge in [-0.05, 0) is 26.0 Å². The van der Waals surface area contributed by atoms with Crippen molar-refractivity contribution in [3.05, 3.63) is 35.4 Å². The second-order valence-corrected chi connectivity index (χ2v) is 4.20. The van der Waals surface area contributed by atoms with Crippen molar-refractivity contribution in [2.24, 2.45) is 5.73 Å². The van der Waals surface area contributed by atoms with Gasteiger partial charge in [0.25, 0.3) is 5.91 Å². The molecule has 1 rings (SSSR count). The van der Waals surface area contributed by atoms with Crippen molar-refractivity contribution in [2.45, 2.75) is 19.9 Å². The van der Waals surface area contributed by atoms with Crippen molar-refractivity contribution < 1.29 is 9.59 Å². The first-order valence-corrected chi connectivity index (χ1v) is 5.89. The van der Waals surface area contributed by atoms with Gasteiger partial charge in [-0.25, -0.2) is 0 Å². The fraction of sp³-hybridized carbons (Fsp3) is 0.385. The smallest absolute Gasteiger partial charge is 0.251 e. The molecule has 1 aromatic rings. The third-order valence-corrected chi connectivity index (χ3v) is 2.44. The van der Waals surface area contributed by atoms with E-state index in [1.54, 1.807) is 19.1 Å². The highest BCUT2D eigenvalue weighted by atomic mass is 16.2. The van der Waals surface area contributed by atoms with Gasteiger partial charge in [0.2, 0.25) is 5.91 Å². The highest BCUT2D eigenvalue weighted by Crippen LogP contribution is 2.02. The Balaban J connectivity index is 2.29. The van der Waals surface area contributed by atoms with Gasteiger partial charge >= 0.3 is 0 Å². The topological polar surface area (TPSA) is 84.2 Å². The number of hydrogen-bond donors (Lipinski definition) is 3. The van der Waals surface area contributed by atoms with Gasteiger partial charge in [0.05, 0.1) is 6.04 Å². The summed E-state index contributed by atoms with van der Waals surface area (Å²) in [7, 11) is 0. The number of nitrogens with two attached hydrogens (primary N) is 1. The predicted molar refractivity (Wildman–Crippen MR) is 70.2 cm³/mol. The third kappa shape index (κ3) is 4.55. The normalized spacial score (nSPS) is 11.7. The Morgan fingerprint density at radius 1 is 1.17 bits per heavy atom. The van der Waals surface area contributed by atoms with Crippen molar-refractivity contribution in [3.63, 3.8) is 0 Å². The van der Waals surface area contributed by atoms with E-state index >= 15 is 0 Å². The highest BCUT2D eigenvalue weighted by Gasteiger charge is 2.07. The molecule has 5 nitrogen and oxygen atoms in total. The maximum atomic E-state index is 11.7. The number of rotatable bonds is 5. The van der Waals surface area contributed by atoms with Gasteiger partial charge in [0.1, 0.15) is 0 Å². The summed E-state index contributed by atoms with van der Waals surface area (Å²) in [4.78, 5) is 22.8. The molecule has 0 bridgehead atoms. The maximum Gasteiger partial charge on any atom is 0.251 e. The van der Waals surface area contributed by atoms with E-state index in [1.165, 1.54) is 0 Å². The Kier molecular flexibility index (Phi) is 5.32. The lowest BCUT2D eigenvalue weighted by atomic mass is 10.1. The third-order valence-electron chi connectivity index (χ3n) is 2.44. The average molecular weight is 249 g/mol. The average Bonchev–Trinajstić information content (AvgIpc) is 2.34. The van der Waals surface area contributed by atoms with Gasteiger partial charge in [-0.1, -0.05) is 17.7 Å². The largest absolute Gasteiger partial charge is 0.353 e. The molecule has 0 saturated heterocycles. The van der Waals surface area contributed by atoms with Gasteiger partial charge in [-0.15, -0.1) is 0 Å².